The third-order valence-corrected chi connectivity index (χ3v) is 7.45. The highest BCUT2D eigenvalue weighted by Gasteiger charge is 2.42. The third-order valence-electron chi connectivity index (χ3n) is 5.47. The zero-order valence-corrected chi connectivity index (χ0v) is 17.6. The van der Waals surface area contributed by atoms with Crippen molar-refractivity contribution in [2.45, 2.75) is 45.1 Å². The molecular weight excluding hydrogens is 372 g/mol. The maximum atomic E-state index is 13.2. The van der Waals surface area contributed by atoms with Crippen LogP contribution in [0.15, 0.2) is 53.4 Å². The molecule has 1 N–H and O–H groups in total. The Hall–Kier alpha value is -2.18. The van der Waals surface area contributed by atoms with Crippen LogP contribution >= 0.6 is 0 Å². The number of rotatable bonds is 5. The van der Waals surface area contributed by atoms with E-state index in [1.54, 1.807) is 6.07 Å². The lowest BCUT2D eigenvalue weighted by Crippen LogP contribution is -2.51. The lowest BCUT2D eigenvalue weighted by Gasteiger charge is -2.38. The summed E-state index contributed by atoms with van der Waals surface area (Å²) in [5, 5.41) is 2.98. The van der Waals surface area contributed by atoms with E-state index in [0.29, 0.717) is 30.8 Å². The number of sulfonamides is 1. The number of benzene rings is 2. The van der Waals surface area contributed by atoms with Gasteiger partial charge in [0.2, 0.25) is 15.9 Å². The van der Waals surface area contributed by atoms with E-state index in [2.05, 4.69) is 5.32 Å². The average molecular weight is 401 g/mol. The van der Waals surface area contributed by atoms with Crippen LogP contribution in [0.4, 0.5) is 0 Å². The minimum absolute atomic E-state index is 0.0998. The maximum absolute atomic E-state index is 13.2. The van der Waals surface area contributed by atoms with Crippen LogP contribution in [0, 0.1) is 19.3 Å². The first-order chi connectivity index (χ1) is 13.2. The highest BCUT2D eigenvalue weighted by molar-refractivity contribution is 7.89. The molecule has 28 heavy (non-hydrogen) atoms. The molecule has 0 aromatic heterocycles. The minimum atomic E-state index is -3.63. The van der Waals surface area contributed by atoms with Crippen LogP contribution < -0.4 is 5.32 Å². The zero-order valence-electron chi connectivity index (χ0n) is 16.7. The van der Waals surface area contributed by atoms with Gasteiger partial charge >= 0.3 is 0 Å². The molecule has 150 valence electrons. The monoisotopic (exact) mass is 400 g/mol. The maximum Gasteiger partial charge on any atom is 0.243 e. The van der Waals surface area contributed by atoms with Crippen LogP contribution in [-0.4, -0.2) is 31.7 Å². The molecule has 1 aliphatic heterocycles. The Morgan fingerprint density at radius 1 is 1.14 bits per heavy atom. The Morgan fingerprint density at radius 2 is 1.86 bits per heavy atom. The SMILES string of the molecule is Cc1ccc(C)c(S(=O)(=O)N2CCC[C@](C)(C(=O)NCc3ccccc3)C2)c1. The van der Waals surface area contributed by atoms with Crippen molar-refractivity contribution >= 4 is 15.9 Å². The first-order valence-electron chi connectivity index (χ1n) is 9.62. The van der Waals surface area contributed by atoms with Crippen LogP contribution in [0.25, 0.3) is 0 Å². The quantitative estimate of drug-likeness (QED) is 0.836. The first-order valence-corrected chi connectivity index (χ1v) is 11.1. The molecule has 1 atom stereocenters. The van der Waals surface area contributed by atoms with Gasteiger partial charge in [0.15, 0.2) is 0 Å². The van der Waals surface area contributed by atoms with Gasteiger partial charge in [-0.1, -0.05) is 42.5 Å². The summed E-state index contributed by atoms with van der Waals surface area (Å²) in [7, 11) is -3.63. The Morgan fingerprint density at radius 3 is 2.57 bits per heavy atom. The van der Waals surface area contributed by atoms with Gasteiger partial charge in [-0.2, -0.15) is 4.31 Å². The molecule has 0 aliphatic carbocycles. The van der Waals surface area contributed by atoms with Crippen molar-refractivity contribution in [3.63, 3.8) is 0 Å². The van der Waals surface area contributed by atoms with Gasteiger partial charge in [-0.25, -0.2) is 8.42 Å². The third kappa shape index (κ3) is 4.28. The molecule has 1 fully saturated rings. The second kappa shape index (κ2) is 8.05. The molecule has 1 amide bonds. The van der Waals surface area contributed by atoms with Crippen molar-refractivity contribution in [1.82, 2.24) is 9.62 Å². The summed E-state index contributed by atoms with van der Waals surface area (Å²) in [6.45, 7) is 6.63. The second-order valence-electron chi connectivity index (χ2n) is 7.94. The van der Waals surface area contributed by atoms with Crippen molar-refractivity contribution in [2.24, 2.45) is 5.41 Å². The lowest BCUT2D eigenvalue weighted by molar-refractivity contribution is -0.132. The van der Waals surface area contributed by atoms with Crippen LogP contribution in [0.2, 0.25) is 0 Å². The molecule has 0 spiro atoms. The summed E-state index contributed by atoms with van der Waals surface area (Å²) in [4.78, 5) is 13.2. The molecular formula is C22H28N2O3S. The summed E-state index contributed by atoms with van der Waals surface area (Å²) in [5.41, 5.74) is 1.92. The summed E-state index contributed by atoms with van der Waals surface area (Å²) < 4.78 is 28.0. The molecule has 6 heteroatoms. The number of piperidine rings is 1. The van der Waals surface area contributed by atoms with E-state index in [4.69, 9.17) is 0 Å². The number of nitrogens with zero attached hydrogens (tertiary/aromatic N) is 1. The van der Waals surface area contributed by atoms with Gasteiger partial charge in [-0.15, -0.1) is 0 Å². The fourth-order valence-electron chi connectivity index (χ4n) is 3.70. The zero-order chi connectivity index (χ0) is 20.4. The second-order valence-corrected chi connectivity index (χ2v) is 9.85. The van der Waals surface area contributed by atoms with E-state index in [1.165, 1.54) is 4.31 Å². The number of carbonyl (C=O) groups is 1. The van der Waals surface area contributed by atoms with Crippen LogP contribution in [0.3, 0.4) is 0 Å². The Bertz CT molecular complexity index is 957. The molecule has 5 nitrogen and oxygen atoms in total. The molecule has 0 unspecified atom stereocenters. The van der Waals surface area contributed by atoms with Gasteiger partial charge in [0.25, 0.3) is 0 Å². The van der Waals surface area contributed by atoms with E-state index in [9.17, 15) is 13.2 Å². The lowest BCUT2D eigenvalue weighted by atomic mass is 9.82. The van der Waals surface area contributed by atoms with E-state index >= 15 is 0 Å². The van der Waals surface area contributed by atoms with Gasteiger partial charge in [0.1, 0.15) is 0 Å². The summed E-state index contributed by atoms with van der Waals surface area (Å²) in [6, 6.07) is 15.2. The summed E-state index contributed by atoms with van der Waals surface area (Å²) in [5.74, 6) is -0.0998. The molecule has 1 saturated heterocycles. The van der Waals surface area contributed by atoms with Crippen LogP contribution in [-0.2, 0) is 21.4 Å². The summed E-state index contributed by atoms with van der Waals surface area (Å²) in [6.07, 6.45) is 1.34. The first kappa shape index (κ1) is 20.6. The van der Waals surface area contributed by atoms with Gasteiger partial charge in [0, 0.05) is 19.6 Å². The molecule has 0 radical (unpaired) electrons. The van der Waals surface area contributed by atoms with Crippen LogP contribution in [0.1, 0.15) is 36.5 Å². The van der Waals surface area contributed by atoms with Gasteiger partial charge in [0.05, 0.1) is 10.3 Å². The van der Waals surface area contributed by atoms with Gasteiger partial charge < -0.3 is 5.32 Å². The minimum Gasteiger partial charge on any atom is -0.352 e. The van der Waals surface area contributed by atoms with Crippen molar-refractivity contribution in [1.29, 1.82) is 0 Å². The number of hydrogen-bond donors (Lipinski definition) is 1. The fraction of sp³-hybridized carbons (Fsp3) is 0.409. The predicted octanol–water partition coefficient (Wildman–Crippen LogP) is 3.41. The van der Waals surface area contributed by atoms with Crippen molar-refractivity contribution in [3.05, 3.63) is 65.2 Å². The highest BCUT2D eigenvalue weighted by atomic mass is 32.2. The van der Waals surface area contributed by atoms with E-state index in [0.717, 1.165) is 16.7 Å². The average Bonchev–Trinajstić information content (AvgIpc) is 2.68. The number of carbonyl (C=O) groups excluding carboxylic acids is 1. The molecule has 2 aromatic carbocycles. The molecule has 2 aromatic rings. The normalized spacial score (nSPS) is 20.7. The number of nitrogens with one attached hydrogen (secondary N) is 1. The fourth-order valence-corrected chi connectivity index (χ4v) is 5.61. The van der Waals surface area contributed by atoms with Crippen molar-refractivity contribution in [3.8, 4) is 0 Å². The summed E-state index contributed by atoms with van der Waals surface area (Å²) >= 11 is 0. The van der Waals surface area contributed by atoms with Gasteiger partial charge in [-0.3, -0.25) is 4.79 Å². The topological polar surface area (TPSA) is 66.5 Å². The van der Waals surface area contributed by atoms with E-state index < -0.39 is 15.4 Å². The molecule has 0 bridgehead atoms. The molecule has 0 saturated carbocycles. The van der Waals surface area contributed by atoms with Gasteiger partial charge in [-0.05, 0) is 56.4 Å². The Kier molecular flexibility index (Phi) is 5.91. The smallest absolute Gasteiger partial charge is 0.243 e. The molecule has 3 rings (SSSR count). The van der Waals surface area contributed by atoms with E-state index in [1.807, 2.05) is 63.2 Å². The number of aryl methyl sites for hydroxylation is 2. The standard InChI is InChI=1S/C22H28N2O3S/c1-17-10-11-18(2)20(14-17)28(26,27)24-13-7-12-22(3,16-24)21(25)23-15-19-8-5-4-6-9-19/h4-6,8-11,14H,7,12-13,15-16H2,1-3H3,(H,23,25)/t22-/m0/s1. The van der Waals surface area contributed by atoms with Crippen molar-refractivity contribution in [2.75, 3.05) is 13.1 Å². The van der Waals surface area contributed by atoms with E-state index in [-0.39, 0.29) is 12.5 Å². The predicted molar refractivity (Wildman–Crippen MR) is 110 cm³/mol. The largest absolute Gasteiger partial charge is 0.352 e. The van der Waals surface area contributed by atoms with Crippen LogP contribution in [0.5, 0.6) is 0 Å². The molecule has 1 heterocycles. The number of hydrogen-bond acceptors (Lipinski definition) is 3. The number of amides is 1. The Labute approximate surface area is 167 Å². The van der Waals surface area contributed by atoms with Crippen molar-refractivity contribution < 1.29 is 13.2 Å². The molecule has 1 aliphatic rings. The Balaban J connectivity index is 1.76. The highest BCUT2D eigenvalue weighted by Crippen LogP contribution is 2.33.